The highest BCUT2D eigenvalue weighted by molar-refractivity contribution is 6.27. The van der Waals surface area contributed by atoms with Crippen LogP contribution < -0.4 is 27.0 Å². The first-order valence-electron chi connectivity index (χ1n) is 28.4. The zero-order valence-corrected chi connectivity index (χ0v) is 48.0. The van der Waals surface area contributed by atoms with Crippen molar-refractivity contribution in [2.24, 2.45) is 11.7 Å². The number of primary amides is 1. The van der Waals surface area contributed by atoms with Gasteiger partial charge in [0.2, 0.25) is 17.7 Å². The molecule has 8 rings (SSSR count). The maximum Gasteiger partial charge on any atom is 0.410 e. The Hall–Kier alpha value is -10.5. The number of nitro benzene ring substituents is 2. The molecule has 0 bridgehead atoms. The number of nitrogens with zero attached hydrogens (tertiary/aromatic N) is 6. The number of benzene rings is 5. The molecule has 0 aromatic heterocycles. The highest BCUT2D eigenvalue weighted by atomic mass is 16.6. The molecular formula is C60H63N11O17. The number of imide groups is 3. The van der Waals surface area contributed by atoms with E-state index in [2.05, 4.69) is 21.3 Å². The number of nitrogens with one attached hydrogen (secondary N) is 4. The van der Waals surface area contributed by atoms with Gasteiger partial charge in [0.05, 0.1) is 40.7 Å². The number of ether oxygens (including phenoxy) is 2. The fraction of sp³-hybridized carbons (Fsp3) is 0.350. The lowest BCUT2D eigenvalue weighted by molar-refractivity contribution is -0.384. The summed E-state index contributed by atoms with van der Waals surface area (Å²) in [5, 5.41) is 35.4. The van der Waals surface area contributed by atoms with Crippen LogP contribution in [0.25, 0.3) is 21.5 Å². The zero-order valence-electron chi connectivity index (χ0n) is 48.0. The summed E-state index contributed by atoms with van der Waals surface area (Å²) in [7, 11) is 0. The monoisotopic (exact) mass is 1210 g/mol. The summed E-state index contributed by atoms with van der Waals surface area (Å²) >= 11 is 0. The lowest BCUT2D eigenvalue weighted by Crippen LogP contribution is -2.55. The number of carbonyl (C=O) groups excluding carboxylic acids is 11. The van der Waals surface area contributed by atoms with Crippen LogP contribution >= 0.6 is 0 Å². The van der Waals surface area contributed by atoms with Gasteiger partial charge in [-0.2, -0.15) is 0 Å². The second-order valence-electron chi connectivity index (χ2n) is 21.1. The van der Waals surface area contributed by atoms with Crippen LogP contribution in [-0.2, 0) is 40.1 Å². The van der Waals surface area contributed by atoms with E-state index in [4.69, 9.17) is 15.2 Å². The highest BCUT2D eigenvalue weighted by Crippen LogP contribution is 2.35. The van der Waals surface area contributed by atoms with Gasteiger partial charge in [0, 0.05) is 103 Å². The predicted octanol–water partition coefficient (Wildman–Crippen LogP) is 5.25. The molecule has 0 fully saturated rings. The third-order valence-electron chi connectivity index (χ3n) is 15.2. The van der Waals surface area contributed by atoms with Crippen LogP contribution in [0.2, 0.25) is 0 Å². The van der Waals surface area contributed by atoms with Gasteiger partial charge >= 0.3 is 12.1 Å². The molecule has 88 heavy (non-hydrogen) atoms. The van der Waals surface area contributed by atoms with Crippen molar-refractivity contribution >= 4 is 104 Å². The van der Waals surface area contributed by atoms with Crippen molar-refractivity contribution in [3.05, 3.63) is 145 Å². The molecule has 0 saturated heterocycles. The minimum Gasteiger partial charge on any atom is -0.445 e. The van der Waals surface area contributed by atoms with Gasteiger partial charge in [-0.25, -0.2) is 9.59 Å². The van der Waals surface area contributed by atoms with Gasteiger partial charge < -0.3 is 41.4 Å². The summed E-state index contributed by atoms with van der Waals surface area (Å²) < 4.78 is 11.5. The van der Waals surface area contributed by atoms with E-state index in [9.17, 15) is 73.0 Å². The molecular weight excluding hydrogens is 1150 g/mol. The molecule has 0 spiro atoms. The first-order chi connectivity index (χ1) is 42.1. The Balaban J connectivity index is 0.900. The molecule has 3 aliphatic rings. The Morgan fingerprint density at radius 1 is 0.648 bits per heavy atom. The number of hydrogen-bond donors (Lipinski definition) is 5. The summed E-state index contributed by atoms with van der Waals surface area (Å²) in [4.78, 5) is 171. The van der Waals surface area contributed by atoms with E-state index in [1.54, 1.807) is 37.3 Å². The van der Waals surface area contributed by atoms with Crippen molar-refractivity contribution in [1.29, 1.82) is 0 Å². The molecule has 28 heteroatoms. The van der Waals surface area contributed by atoms with Crippen LogP contribution in [0.15, 0.2) is 97.1 Å². The second kappa shape index (κ2) is 28.6. The standard InChI is InChI=1S/C60H63N11O17/c1-3-35(2)52(65-47(72)15-5-4-6-23-67-48(73)20-21-49(67)74)54(76)64-46(14-9-22-62-59(61)81)53(75)63-39-18-16-36(17-19-39)34-88-60(82)66(24-25-68-55(77)42-12-7-10-37-30-40(70(83)84)32-44(50(37)42)57(68)79)26-28-87-29-27-69-56(78)43-13-8-11-38-31-41(71(85)86)33-45(51(38)43)58(69)80/h7-8,10-13,16-21,30-33,35,46,52H,3-6,9,14-15,22-29,34H2,1-2H3,(H,63,75)(H,64,76)(H,65,72)(H3,61,62,81)/t35?,46-,52?/m0/s1. The summed E-state index contributed by atoms with van der Waals surface area (Å²) in [5.74, 6) is -5.81. The van der Waals surface area contributed by atoms with E-state index >= 15 is 0 Å². The number of hydrogen-bond acceptors (Lipinski definition) is 17. The highest BCUT2D eigenvalue weighted by Gasteiger charge is 2.37. The Kier molecular flexibility index (Phi) is 20.6. The Morgan fingerprint density at radius 3 is 1.80 bits per heavy atom. The molecule has 28 nitrogen and oxygen atoms in total. The molecule has 0 radical (unpaired) electrons. The van der Waals surface area contributed by atoms with Crippen molar-refractivity contribution < 1.29 is 72.1 Å². The lowest BCUT2D eigenvalue weighted by Gasteiger charge is -2.30. The largest absolute Gasteiger partial charge is 0.445 e. The topological polar surface area (TPSA) is 380 Å². The summed E-state index contributed by atoms with van der Waals surface area (Å²) in [6.45, 7) is 1.81. The van der Waals surface area contributed by atoms with E-state index in [0.29, 0.717) is 42.0 Å². The normalized spacial score (nSPS) is 14.5. The number of unbranched alkanes of at least 4 members (excludes halogenated alkanes) is 2. The molecule has 460 valence electrons. The van der Waals surface area contributed by atoms with E-state index < -0.39 is 93.8 Å². The van der Waals surface area contributed by atoms with Gasteiger partial charge in [0.25, 0.3) is 46.8 Å². The van der Waals surface area contributed by atoms with Crippen LogP contribution in [-0.4, -0.2) is 159 Å². The van der Waals surface area contributed by atoms with Crippen LogP contribution in [0, 0.1) is 26.1 Å². The molecule has 12 amide bonds. The van der Waals surface area contributed by atoms with Gasteiger partial charge in [0.1, 0.15) is 18.7 Å². The van der Waals surface area contributed by atoms with E-state index in [1.807, 2.05) is 6.92 Å². The number of amides is 12. The van der Waals surface area contributed by atoms with Gasteiger partial charge in [-0.1, -0.05) is 63.1 Å². The first-order valence-corrected chi connectivity index (χ1v) is 28.4. The Labute approximate surface area is 501 Å². The molecule has 5 aromatic carbocycles. The zero-order chi connectivity index (χ0) is 63.3. The summed E-state index contributed by atoms with van der Waals surface area (Å²) in [6, 6.07) is 17.0. The Morgan fingerprint density at radius 2 is 1.23 bits per heavy atom. The van der Waals surface area contributed by atoms with Crippen LogP contribution in [0.3, 0.4) is 0 Å². The van der Waals surface area contributed by atoms with Crippen molar-refractivity contribution in [3.8, 4) is 0 Å². The van der Waals surface area contributed by atoms with Gasteiger partial charge in [0.15, 0.2) is 0 Å². The number of nitro groups is 2. The van der Waals surface area contributed by atoms with Gasteiger partial charge in [-0.05, 0) is 72.2 Å². The number of rotatable bonds is 30. The Bertz CT molecular complexity index is 3670. The van der Waals surface area contributed by atoms with Crippen molar-refractivity contribution in [2.75, 3.05) is 57.8 Å². The average molecular weight is 1210 g/mol. The third kappa shape index (κ3) is 14.9. The maximum absolute atomic E-state index is 14.0. The second-order valence-corrected chi connectivity index (χ2v) is 21.1. The van der Waals surface area contributed by atoms with E-state index in [0.717, 1.165) is 31.7 Å². The fourth-order valence-corrected chi connectivity index (χ4v) is 10.4. The molecule has 3 atom stereocenters. The molecule has 0 saturated carbocycles. The lowest BCUT2D eigenvalue weighted by atomic mass is 9.93. The predicted molar refractivity (Wildman–Crippen MR) is 314 cm³/mol. The van der Waals surface area contributed by atoms with Crippen LogP contribution in [0.1, 0.15) is 106 Å². The SMILES string of the molecule is CCC(C)C(NC(=O)CCCCCN1C(=O)C=CC1=O)C(=O)N[C@@H](CCCNC(N)=O)C(=O)Nc1ccc(COC(=O)N(CCOCCN2C(=O)c3cccc4cc([N+](=O)[O-])cc(c34)C2=O)CCN2C(=O)c3cccc4cc([N+](=O)[O-])cc(c34)C2=O)cc1. The van der Waals surface area contributed by atoms with Gasteiger partial charge in [-0.15, -0.1) is 0 Å². The maximum atomic E-state index is 14.0. The minimum absolute atomic E-state index is 0.0361. The fourth-order valence-electron chi connectivity index (χ4n) is 10.4. The molecule has 5 aromatic rings. The van der Waals surface area contributed by atoms with Gasteiger partial charge in [-0.3, -0.25) is 78.1 Å². The van der Waals surface area contributed by atoms with E-state index in [1.165, 1.54) is 54.6 Å². The number of urea groups is 1. The molecule has 6 N–H and O–H groups in total. The average Bonchev–Trinajstić information content (AvgIpc) is 1.12. The number of non-ortho nitro benzene ring substituents is 2. The van der Waals surface area contributed by atoms with Crippen molar-refractivity contribution in [3.63, 3.8) is 0 Å². The van der Waals surface area contributed by atoms with Crippen molar-refractivity contribution in [1.82, 2.24) is 35.6 Å². The third-order valence-corrected chi connectivity index (χ3v) is 15.2. The smallest absolute Gasteiger partial charge is 0.410 e. The molecule has 3 heterocycles. The van der Waals surface area contributed by atoms with E-state index in [-0.39, 0.29) is 128 Å². The summed E-state index contributed by atoms with van der Waals surface area (Å²) in [5.41, 5.74) is 5.36. The number of nitrogens with two attached hydrogens (primary N) is 1. The minimum atomic E-state index is -1.17. The molecule has 0 aliphatic carbocycles. The van der Waals surface area contributed by atoms with Crippen molar-refractivity contribution in [2.45, 2.75) is 77.5 Å². The first kappa shape index (κ1) is 63.5. The van der Waals surface area contributed by atoms with Crippen LogP contribution in [0.4, 0.5) is 26.7 Å². The molecule has 3 aliphatic heterocycles. The summed E-state index contributed by atoms with van der Waals surface area (Å²) in [6.07, 6.45) is 3.69. The number of anilines is 1. The van der Waals surface area contributed by atoms with Crippen LogP contribution in [0.5, 0.6) is 0 Å². The number of carbonyl (C=O) groups is 11. The quantitative estimate of drug-likeness (QED) is 0.0170. The molecule has 2 unspecified atom stereocenters.